The molecular weight excluding hydrogens is 212 g/mol. The summed E-state index contributed by atoms with van der Waals surface area (Å²) in [6, 6.07) is 6.40. The lowest BCUT2D eigenvalue weighted by Gasteiger charge is -2.37. The highest BCUT2D eigenvalue weighted by Crippen LogP contribution is 2.28. The topological polar surface area (TPSA) is 49.5 Å². The van der Waals surface area contributed by atoms with Crippen molar-refractivity contribution in [1.82, 2.24) is 0 Å². The molecule has 0 radical (unpaired) electrons. The quantitative estimate of drug-likeness (QED) is 0.820. The van der Waals surface area contributed by atoms with Gasteiger partial charge in [0.05, 0.1) is 5.60 Å². The summed E-state index contributed by atoms with van der Waals surface area (Å²) in [7, 11) is 0. The molecule has 0 unspecified atom stereocenters. The second-order valence-electron chi connectivity index (χ2n) is 5.31. The summed E-state index contributed by atoms with van der Waals surface area (Å²) in [6.07, 6.45) is 1.68. The first kappa shape index (κ1) is 12.4. The smallest absolute Gasteiger partial charge is 0.0653 e. The SMILES string of the molecule is Cc1cc(CN)ccc1N1CCC(C)(O)CC1. The molecule has 1 aliphatic heterocycles. The summed E-state index contributed by atoms with van der Waals surface area (Å²) in [5, 5.41) is 9.95. The van der Waals surface area contributed by atoms with Gasteiger partial charge in [-0.05, 0) is 43.9 Å². The molecule has 3 heteroatoms. The number of nitrogens with zero attached hydrogens (tertiary/aromatic N) is 1. The van der Waals surface area contributed by atoms with E-state index in [1.165, 1.54) is 16.8 Å². The first-order valence-electron chi connectivity index (χ1n) is 6.29. The Morgan fingerprint density at radius 1 is 1.35 bits per heavy atom. The Kier molecular flexibility index (Phi) is 3.40. The molecule has 2 rings (SSSR count). The number of aryl methyl sites for hydroxylation is 1. The highest BCUT2D eigenvalue weighted by molar-refractivity contribution is 5.54. The van der Waals surface area contributed by atoms with Crippen LogP contribution in [0, 0.1) is 6.92 Å². The van der Waals surface area contributed by atoms with Crippen LogP contribution >= 0.6 is 0 Å². The zero-order chi connectivity index (χ0) is 12.5. The molecule has 0 atom stereocenters. The van der Waals surface area contributed by atoms with E-state index in [1.807, 2.05) is 6.92 Å². The molecular formula is C14H22N2O. The lowest BCUT2D eigenvalue weighted by molar-refractivity contribution is 0.0351. The Labute approximate surface area is 103 Å². The van der Waals surface area contributed by atoms with Gasteiger partial charge in [-0.15, -0.1) is 0 Å². The number of aliphatic hydroxyl groups is 1. The number of rotatable bonds is 2. The van der Waals surface area contributed by atoms with Crippen molar-refractivity contribution in [3.8, 4) is 0 Å². The Hall–Kier alpha value is -1.06. The van der Waals surface area contributed by atoms with Gasteiger partial charge in [-0.1, -0.05) is 12.1 Å². The first-order chi connectivity index (χ1) is 8.02. The summed E-state index contributed by atoms with van der Waals surface area (Å²) in [5.74, 6) is 0. The molecule has 1 saturated heterocycles. The standard InChI is InChI=1S/C14H22N2O/c1-11-9-12(10-15)3-4-13(11)16-7-5-14(2,17)6-8-16/h3-4,9,17H,5-8,10,15H2,1-2H3. The highest BCUT2D eigenvalue weighted by atomic mass is 16.3. The van der Waals surface area contributed by atoms with Crippen LogP contribution in [-0.2, 0) is 6.54 Å². The zero-order valence-corrected chi connectivity index (χ0v) is 10.7. The highest BCUT2D eigenvalue weighted by Gasteiger charge is 2.27. The van der Waals surface area contributed by atoms with Gasteiger partial charge < -0.3 is 15.7 Å². The number of piperidine rings is 1. The van der Waals surface area contributed by atoms with Gasteiger partial charge in [0.2, 0.25) is 0 Å². The Balaban J connectivity index is 2.13. The van der Waals surface area contributed by atoms with Gasteiger partial charge in [0.25, 0.3) is 0 Å². The third-order valence-corrected chi connectivity index (χ3v) is 3.68. The van der Waals surface area contributed by atoms with Crippen LogP contribution in [0.15, 0.2) is 18.2 Å². The Morgan fingerprint density at radius 2 is 2.00 bits per heavy atom. The lowest BCUT2D eigenvalue weighted by Crippen LogP contribution is -2.42. The predicted octanol–water partition coefficient (Wildman–Crippen LogP) is 1.80. The number of hydrogen-bond donors (Lipinski definition) is 2. The molecule has 1 heterocycles. The fourth-order valence-electron chi connectivity index (χ4n) is 2.43. The van der Waals surface area contributed by atoms with Crippen LogP contribution in [0.5, 0.6) is 0 Å². The maximum atomic E-state index is 9.95. The van der Waals surface area contributed by atoms with Crippen molar-refractivity contribution in [3.63, 3.8) is 0 Å². The minimum atomic E-state index is -0.485. The van der Waals surface area contributed by atoms with Crippen molar-refractivity contribution in [1.29, 1.82) is 0 Å². The van der Waals surface area contributed by atoms with Crippen molar-refractivity contribution < 1.29 is 5.11 Å². The summed E-state index contributed by atoms with van der Waals surface area (Å²) >= 11 is 0. The molecule has 0 aromatic heterocycles. The van der Waals surface area contributed by atoms with Crippen molar-refractivity contribution >= 4 is 5.69 Å². The van der Waals surface area contributed by atoms with Crippen LogP contribution in [0.4, 0.5) is 5.69 Å². The largest absolute Gasteiger partial charge is 0.390 e. The van der Waals surface area contributed by atoms with Crippen LogP contribution in [0.1, 0.15) is 30.9 Å². The van der Waals surface area contributed by atoms with Crippen LogP contribution < -0.4 is 10.6 Å². The maximum absolute atomic E-state index is 9.95. The van der Waals surface area contributed by atoms with E-state index in [9.17, 15) is 5.11 Å². The van der Waals surface area contributed by atoms with Crippen molar-refractivity contribution in [2.24, 2.45) is 5.73 Å². The van der Waals surface area contributed by atoms with Gasteiger partial charge in [-0.3, -0.25) is 0 Å². The van der Waals surface area contributed by atoms with Crippen LogP contribution in [0.3, 0.4) is 0 Å². The molecule has 0 spiro atoms. The maximum Gasteiger partial charge on any atom is 0.0653 e. The minimum absolute atomic E-state index is 0.485. The van der Waals surface area contributed by atoms with Gasteiger partial charge in [0.1, 0.15) is 0 Å². The van der Waals surface area contributed by atoms with E-state index in [1.54, 1.807) is 0 Å². The van der Waals surface area contributed by atoms with Crippen molar-refractivity contribution in [2.75, 3.05) is 18.0 Å². The van der Waals surface area contributed by atoms with E-state index < -0.39 is 5.60 Å². The summed E-state index contributed by atoms with van der Waals surface area (Å²) in [6.45, 7) is 6.50. The summed E-state index contributed by atoms with van der Waals surface area (Å²) in [4.78, 5) is 2.35. The van der Waals surface area contributed by atoms with Gasteiger partial charge in [0, 0.05) is 25.3 Å². The molecule has 0 aliphatic carbocycles. The van der Waals surface area contributed by atoms with E-state index in [4.69, 9.17) is 5.73 Å². The molecule has 0 bridgehead atoms. The Morgan fingerprint density at radius 3 is 2.53 bits per heavy atom. The molecule has 3 N–H and O–H groups in total. The van der Waals surface area contributed by atoms with E-state index in [2.05, 4.69) is 30.0 Å². The minimum Gasteiger partial charge on any atom is -0.390 e. The molecule has 17 heavy (non-hydrogen) atoms. The fourth-order valence-corrected chi connectivity index (χ4v) is 2.43. The molecule has 1 aromatic rings. The lowest BCUT2D eigenvalue weighted by atomic mass is 9.93. The second-order valence-corrected chi connectivity index (χ2v) is 5.31. The zero-order valence-electron chi connectivity index (χ0n) is 10.7. The second kappa shape index (κ2) is 4.67. The average molecular weight is 234 g/mol. The van der Waals surface area contributed by atoms with Crippen LogP contribution in [0.2, 0.25) is 0 Å². The van der Waals surface area contributed by atoms with Crippen LogP contribution in [0.25, 0.3) is 0 Å². The van der Waals surface area contributed by atoms with Gasteiger partial charge >= 0.3 is 0 Å². The van der Waals surface area contributed by atoms with Crippen molar-refractivity contribution in [2.45, 2.75) is 38.8 Å². The summed E-state index contributed by atoms with van der Waals surface area (Å²) < 4.78 is 0. The average Bonchev–Trinajstić information content (AvgIpc) is 2.29. The number of hydrogen-bond acceptors (Lipinski definition) is 3. The normalized spacial score (nSPS) is 19.4. The van der Waals surface area contributed by atoms with Crippen LogP contribution in [-0.4, -0.2) is 23.8 Å². The van der Waals surface area contributed by atoms with E-state index in [-0.39, 0.29) is 0 Å². The van der Waals surface area contributed by atoms with Crippen molar-refractivity contribution in [3.05, 3.63) is 29.3 Å². The van der Waals surface area contributed by atoms with E-state index in [0.29, 0.717) is 6.54 Å². The molecule has 3 nitrogen and oxygen atoms in total. The van der Waals surface area contributed by atoms with Gasteiger partial charge in [-0.2, -0.15) is 0 Å². The molecule has 1 aliphatic rings. The van der Waals surface area contributed by atoms with Gasteiger partial charge in [-0.25, -0.2) is 0 Å². The van der Waals surface area contributed by atoms with E-state index >= 15 is 0 Å². The third kappa shape index (κ3) is 2.79. The fraction of sp³-hybridized carbons (Fsp3) is 0.571. The molecule has 0 saturated carbocycles. The van der Waals surface area contributed by atoms with E-state index in [0.717, 1.165) is 25.9 Å². The molecule has 1 aromatic carbocycles. The first-order valence-corrected chi connectivity index (χ1v) is 6.29. The Bertz CT molecular complexity index is 391. The molecule has 94 valence electrons. The number of nitrogens with two attached hydrogens (primary N) is 1. The number of benzene rings is 1. The molecule has 1 fully saturated rings. The predicted molar refractivity (Wildman–Crippen MR) is 71.1 cm³/mol. The van der Waals surface area contributed by atoms with Gasteiger partial charge in [0.15, 0.2) is 0 Å². The number of anilines is 1. The summed E-state index contributed by atoms with van der Waals surface area (Å²) in [5.41, 5.74) is 8.88. The molecule has 0 amide bonds. The third-order valence-electron chi connectivity index (χ3n) is 3.68. The monoisotopic (exact) mass is 234 g/mol.